The Bertz CT molecular complexity index is 543. The van der Waals surface area contributed by atoms with Gasteiger partial charge in [-0.2, -0.15) is 0 Å². The largest absolute Gasteiger partial charge is 0.491 e. The Morgan fingerprint density at radius 2 is 1.86 bits per heavy atom. The van der Waals surface area contributed by atoms with E-state index in [-0.39, 0.29) is 12.1 Å². The maximum atomic E-state index is 5.95. The summed E-state index contributed by atoms with van der Waals surface area (Å²) < 4.78 is 5.95. The van der Waals surface area contributed by atoms with Crippen molar-refractivity contribution in [3.8, 4) is 5.75 Å². The number of nitrogens with zero attached hydrogens (tertiary/aromatic N) is 2. The fourth-order valence-electron chi connectivity index (χ4n) is 2.24. The quantitative estimate of drug-likeness (QED) is 0.847. The maximum absolute atomic E-state index is 5.95. The first-order valence-electron chi connectivity index (χ1n) is 7.46. The van der Waals surface area contributed by atoms with E-state index in [1.165, 1.54) is 0 Å². The van der Waals surface area contributed by atoms with Crippen LogP contribution in [0.5, 0.6) is 5.75 Å². The van der Waals surface area contributed by atoms with Gasteiger partial charge in [0.25, 0.3) is 0 Å². The second-order valence-corrected chi connectivity index (χ2v) is 5.26. The monoisotopic (exact) mass is 285 g/mol. The highest BCUT2D eigenvalue weighted by Crippen LogP contribution is 2.30. The first-order chi connectivity index (χ1) is 10.2. The number of benzene rings is 1. The van der Waals surface area contributed by atoms with Crippen LogP contribution in [0.25, 0.3) is 0 Å². The molecule has 0 aliphatic carbocycles. The van der Waals surface area contributed by atoms with Gasteiger partial charge in [0.2, 0.25) is 0 Å². The summed E-state index contributed by atoms with van der Waals surface area (Å²) in [4.78, 5) is 8.28. The lowest BCUT2D eigenvalue weighted by atomic mass is 10.00. The Balaban J connectivity index is 2.37. The molecule has 0 aliphatic rings. The summed E-state index contributed by atoms with van der Waals surface area (Å²) in [5.41, 5.74) is 2.17. The third kappa shape index (κ3) is 4.26. The van der Waals surface area contributed by atoms with Gasteiger partial charge < -0.3 is 10.1 Å². The van der Waals surface area contributed by atoms with E-state index in [1.807, 2.05) is 44.4 Å². The summed E-state index contributed by atoms with van der Waals surface area (Å²) in [7, 11) is 0. The molecule has 112 valence electrons. The van der Waals surface area contributed by atoms with E-state index in [1.54, 1.807) is 6.33 Å². The molecule has 0 saturated carbocycles. The van der Waals surface area contributed by atoms with Crippen LogP contribution in [0.3, 0.4) is 0 Å². The molecule has 2 aromatic rings. The Morgan fingerprint density at radius 1 is 1.14 bits per heavy atom. The molecule has 1 aromatic heterocycles. The van der Waals surface area contributed by atoms with Gasteiger partial charge in [0, 0.05) is 23.5 Å². The van der Waals surface area contributed by atoms with E-state index in [4.69, 9.17) is 4.74 Å². The predicted molar refractivity (Wildman–Crippen MR) is 84.4 cm³/mol. The van der Waals surface area contributed by atoms with Gasteiger partial charge in [-0.1, -0.05) is 25.1 Å². The van der Waals surface area contributed by atoms with Gasteiger partial charge >= 0.3 is 0 Å². The van der Waals surface area contributed by atoms with Crippen LogP contribution in [0.4, 0.5) is 0 Å². The minimum Gasteiger partial charge on any atom is -0.491 e. The summed E-state index contributed by atoms with van der Waals surface area (Å²) in [5.74, 6) is 0.907. The molecule has 0 amide bonds. The molecule has 1 unspecified atom stereocenters. The van der Waals surface area contributed by atoms with E-state index < -0.39 is 0 Å². The van der Waals surface area contributed by atoms with Crippen molar-refractivity contribution in [2.24, 2.45) is 0 Å². The van der Waals surface area contributed by atoms with Crippen molar-refractivity contribution in [3.05, 3.63) is 54.1 Å². The minimum atomic E-state index is 0.0427. The number of nitrogens with one attached hydrogen (secondary N) is 1. The normalized spacial score (nSPS) is 12.4. The van der Waals surface area contributed by atoms with E-state index >= 15 is 0 Å². The zero-order valence-corrected chi connectivity index (χ0v) is 12.9. The van der Waals surface area contributed by atoms with Crippen LogP contribution in [0.15, 0.2) is 43.0 Å². The summed E-state index contributed by atoms with van der Waals surface area (Å²) >= 11 is 0. The van der Waals surface area contributed by atoms with E-state index in [2.05, 4.69) is 28.3 Å². The number of para-hydroxylation sites is 1. The van der Waals surface area contributed by atoms with Gasteiger partial charge in [-0.25, -0.2) is 9.97 Å². The van der Waals surface area contributed by atoms with Gasteiger partial charge in [0.15, 0.2) is 0 Å². The molecule has 0 bridgehead atoms. The van der Waals surface area contributed by atoms with Crippen molar-refractivity contribution < 1.29 is 4.74 Å². The highest BCUT2D eigenvalue weighted by Gasteiger charge is 2.18. The van der Waals surface area contributed by atoms with E-state index in [0.29, 0.717) is 0 Å². The lowest BCUT2D eigenvalue weighted by molar-refractivity contribution is 0.238. The fourth-order valence-corrected chi connectivity index (χ4v) is 2.24. The molecule has 4 nitrogen and oxygen atoms in total. The number of hydrogen-bond acceptors (Lipinski definition) is 4. The lowest BCUT2D eigenvalue weighted by Crippen LogP contribution is -2.24. The molecule has 21 heavy (non-hydrogen) atoms. The second kappa shape index (κ2) is 7.74. The van der Waals surface area contributed by atoms with Gasteiger partial charge in [0.1, 0.15) is 12.1 Å². The summed E-state index contributed by atoms with van der Waals surface area (Å²) in [6.45, 7) is 7.16. The topological polar surface area (TPSA) is 47.0 Å². The van der Waals surface area contributed by atoms with E-state index in [0.717, 1.165) is 29.8 Å². The highest BCUT2D eigenvalue weighted by atomic mass is 16.5. The maximum Gasteiger partial charge on any atom is 0.124 e. The average molecular weight is 285 g/mol. The molecule has 0 aliphatic heterocycles. The summed E-state index contributed by atoms with van der Waals surface area (Å²) in [6.07, 6.45) is 6.47. The van der Waals surface area contributed by atoms with Crippen molar-refractivity contribution in [1.82, 2.24) is 15.3 Å². The molecule has 1 N–H and O–H groups in total. The van der Waals surface area contributed by atoms with Crippen LogP contribution in [-0.2, 0) is 0 Å². The highest BCUT2D eigenvalue weighted by molar-refractivity contribution is 5.40. The van der Waals surface area contributed by atoms with Gasteiger partial charge in [-0.3, -0.25) is 0 Å². The molecule has 1 heterocycles. The van der Waals surface area contributed by atoms with Crippen molar-refractivity contribution >= 4 is 0 Å². The SMILES string of the molecule is CCCNC(c1cncnc1)c1ccccc1OC(C)C. The Hall–Kier alpha value is -1.94. The van der Waals surface area contributed by atoms with Crippen molar-refractivity contribution in [1.29, 1.82) is 0 Å². The Morgan fingerprint density at radius 3 is 2.52 bits per heavy atom. The van der Waals surface area contributed by atoms with Crippen LogP contribution in [-0.4, -0.2) is 22.6 Å². The molecule has 0 fully saturated rings. The number of hydrogen-bond donors (Lipinski definition) is 1. The van der Waals surface area contributed by atoms with Crippen LogP contribution < -0.4 is 10.1 Å². The Labute approximate surface area is 126 Å². The first kappa shape index (κ1) is 15.4. The van der Waals surface area contributed by atoms with Crippen molar-refractivity contribution in [2.45, 2.75) is 39.3 Å². The molecule has 0 radical (unpaired) electrons. The second-order valence-electron chi connectivity index (χ2n) is 5.26. The van der Waals surface area contributed by atoms with Crippen molar-refractivity contribution in [2.75, 3.05) is 6.54 Å². The predicted octanol–water partition coefficient (Wildman–Crippen LogP) is 3.35. The van der Waals surface area contributed by atoms with Crippen molar-refractivity contribution in [3.63, 3.8) is 0 Å². The number of rotatable bonds is 7. The average Bonchev–Trinajstić information content (AvgIpc) is 2.50. The molecular weight excluding hydrogens is 262 g/mol. The molecule has 1 aromatic carbocycles. The van der Waals surface area contributed by atoms with Crippen LogP contribution in [0.2, 0.25) is 0 Å². The van der Waals surface area contributed by atoms with Gasteiger partial charge in [-0.05, 0) is 32.9 Å². The molecule has 2 rings (SSSR count). The summed E-state index contributed by atoms with van der Waals surface area (Å²) in [6, 6.07) is 8.19. The van der Waals surface area contributed by atoms with Crippen LogP contribution in [0.1, 0.15) is 44.4 Å². The van der Waals surface area contributed by atoms with Gasteiger partial charge in [0.05, 0.1) is 12.1 Å². The molecule has 1 atom stereocenters. The number of ether oxygens (including phenoxy) is 1. The minimum absolute atomic E-state index is 0.0427. The van der Waals surface area contributed by atoms with E-state index in [9.17, 15) is 0 Å². The molecule has 0 saturated heterocycles. The standard InChI is InChI=1S/C17H23N3O/c1-4-9-20-17(14-10-18-12-19-11-14)15-7-5-6-8-16(15)21-13(2)3/h5-8,10-13,17,20H,4,9H2,1-3H3. The molecular formula is C17H23N3O. The third-order valence-electron chi connectivity index (χ3n) is 3.11. The molecule has 0 spiro atoms. The number of aromatic nitrogens is 2. The first-order valence-corrected chi connectivity index (χ1v) is 7.46. The lowest BCUT2D eigenvalue weighted by Gasteiger charge is -2.22. The zero-order valence-electron chi connectivity index (χ0n) is 12.9. The Kier molecular flexibility index (Phi) is 5.69. The third-order valence-corrected chi connectivity index (χ3v) is 3.11. The fraction of sp³-hybridized carbons (Fsp3) is 0.412. The van der Waals surface area contributed by atoms with Gasteiger partial charge in [-0.15, -0.1) is 0 Å². The van der Waals surface area contributed by atoms with Crippen LogP contribution >= 0.6 is 0 Å². The van der Waals surface area contributed by atoms with Crippen LogP contribution in [0, 0.1) is 0 Å². The smallest absolute Gasteiger partial charge is 0.124 e. The zero-order chi connectivity index (χ0) is 15.1. The summed E-state index contributed by atoms with van der Waals surface area (Å²) in [5, 5.41) is 3.56. The molecule has 4 heteroatoms.